The summed E-state index contributed by atoms with van der Waals surface area (Å²) < 4.78 is 45.9. The van der Waals surface area contributed by atoms with Gasteiger partial charge in [0.15, 0.2) is 5.69 Å². The summed E-state index contributed by atoms with van der Waals surface area (Å²) in [5, 5.41) is 7.06. The highest BCUT2D eigenvalue weighted by atomic mass is 19.4. The third-order valence-corrected chi connectivity index (χ3v) is 3.37. The second kappa shape index (κ2) is 7.61. The van der Waals surface area contributed by atoms with Gasteiger partial charge in [-0.3, -0.25) is 4.68 Å². The molecule has 9 heteroatoms. The molecule has 0 aliphatic heterocycles. The first kappa shape index (κ1) is 18.2. The van der Waals surface area contributed by atoms with Gasteiger partial charge in [0, 0.05) is 38.6 Å². The average molecular weight is 343 g/mol. The average Bonchev–Trinajstić information content (AvgIpc) is 2.91. The zero-order chi connectivity index (χ0) is 17.7. The minimum Gasteiger partial charge on any atom is -0.385 e. The van der Waals surface area contributed by atoms with E-state index < -0.39 is 11.9 Å². The summed E-state index contributed by atoms with van der Waals surface area (Å²) in [4.78, 5) is 7.78. The minimum atomic E-state index is -4.55. The first-order valence-corrected chi connectivity index (χ1v) is 7.58. The standard InChI is InChI=1S/C15H20F3N5O/c1-4-23-9-11(10(2)22-23)12-8-13(15(16,17)18)21-14(20-12)19-6-5-7-24-3/h8-9H,4-7H2,1-3H3,(H,19,20,21). The number of hydrogen-bond acceptors (Lipinski definition) is 5. The molecule has 132 valence electrons. The molecule has 0 amide bonds. The van der Waals surface area contributed by atoms with E-state index in [9.17, 15) is 13.2 Å². The molecule has 2 aromatic heterocycles. The fraction of sp³-hybridized carbons (Fsp3) is 0.533. The lowest BCUT2D eigenvalue weighted by atomic mass is 10.1. The molecule has 0 aliphatic carbocycles. The summed E-state index contributed by atoms with van der Waals surface area (Å²) in [6.45, 7) is 5.19. The summed E-state index contributed by atoms with van der Waals surface area (Å²) in [5.41, 5.74) is 0.396. The summed E-state index contributed by atoms with van der Waals surface area (Å²) in [7, 11) is 1.56. The number of nitrogens with one attached hydrogen (secondary N) is 1. The van der Waals surface area contributed by atoms with Crippen molar-refractivity contribution < 1.29 is 17.9 Å². The second-order valence-corrected chi connectivity index (χ2v) is 5.22. The number of halogens is 3. The van der Waals surface area contributed by atoms with Crippen LogP contribution in [-0.4, -0.2) is 40.0 Å². The zero-order valence-electron chi connectivity index (χ0n) is 13.8. The molecule has 0 aromatic carbocycles. The van der Waals surface area contributed by atoms with E-state index in [1.54, 1.807) is 24.9 Å². The lowest BCUT2D eigenvalue weighted by Gasteiger charge is -2.11. The van der Waals surface area contributed by atoms with Crippen molar-refractivity contribution in [2.24, 2.45) is 0 Å². The molecule has 0 aliphatic rings. The molecule has 0 atom stereocenters. The van der Waals surface area contributed by atoms with Crippen molar-refractivity contribution in [2.75, 3.05) is 25.6 Å². The summed E-state index contributed by atoms with van der Waals surface area (Å²) in [6.07, 6.45) is -2.22. The highest BCUT2D eigenvalue weighted by Crippen LogP contribution is 2.31. The molecule has 0 bridgehead atoms. The highest BCUT2D eigenvalue weighted by Gasteiger charge is 2.34. The van der Waals surface area contributed by atoms with E-state index in [4.69, 9.17) is 4.74 Å². The third-order valence-electron chi connectivity index (χ3n) is 3.37. The fourth-order valence-electron chi connectivity index (χ4n) is 2.16. The number of aromatic nitrogens is 4. The quantitative estimate of drug-likeness (QED) is 0.783. The molecule has 2 aromatic rings. The number of rotatable bonds is 7. The van der Waals surface area contributed by atoms with Gasteiger partial charge in [-0.05, 0) is 26.3 Å². The lowest BCUT2D eigenvalue weighted by molar-refractivity contribution is -0.141. The van der Waals surface area contributed by atoms with Gasteiger partial charge >= 0.3 is 6.18 Å². The largest absolute Gasteiger partial charge is 0.433 e. The topological polar surface area (TPSA) is 64.9 Å². The van der Waals surface area contributed by atoms with Crippen molar-refractivity contribution >= 4 is 5.95 Å². The van der Waals surface area contributed by atoms with Crippen LogP contribution in [0.2, 0.25) is 0 Å². The zero-order valence-corrected chi connectivity index (χ0v) is 13.8. The van der Waals surface area contributed by atoms with E-state index in [2.05, 4.69) is 20.4 Å². The van der Waals surface area contributed by atoms with E-state index in [-0.39, 0.29) is 11.6 Å². The van der Waals surface area contributed by atoms with Crippen LogP contribution < -0.4 is 5.32 Å². The molecule has 0 saturated carbocycles. The van der Waals surface area contributed by atoms with Gasteiger partial charge in [-0.1, -0.05) is 0 Å². The predicted octanol–water partition coefficient (Wildman–Crippen LogP) is 3.14. The van der Waals surface area contributed by atoms with Gasteiger partial charge in [0.25, 0.3) is 0 Å². The van der Waals surface area contributed by atoms with Crippen LogP contribution in [0.3, 0.4) is 0 Å². The Kier molecular flexibility index (Phi) is 5.76. The molecule has 1 N–H and O–H groups in total. The smallest absolute Gasteiger partial charge is 0.385 e. The Balaban J connectivity index is 2.37. The van der Waals surface area contributed by atoms with Crippen molar-refractivity contribution in [2.45, 2.75) is 33.0 Å². The lowest BCUT2D eigenvalue weighted by Crippen LogP contribution is -2.14. The van der Waals surface area contributed by atoms with Crippen molar-refractivity contribution in [3.8, 4) is 11.3 Å². The Labute approximate surface area is 138 Å². The van der Waals surface area contributed by atoms with Gasteiger partial charge in [-0.15, -0.1) is 0 Å². The maximum Gasteiger partial charge on any atom is 0.433 e. The minimum absolute atomic E-state index is 0.0559. The monoisotopic (exact) mass is 343 g/mol. The maximum atomic E-state index is 13.1. The number of aryl methyl sites for hydroxylation is 2. The molecule has 0 spiro atoms. The Bertz CT molecular complexity index is 684. The van der Waals surface area contributed by atoms with Gasteiger partial charge < -0.3 is 10.1 Å². The number of alkyl halides is 3. The molecular weight excluding hydrogens is 323 g/mol. The molecule has 6 nitrogen and oxygen atoms in total. The molecule has 2 heterocycles. The van der Waals surface area contributed by atoms with Gasteiger partial charge in [0.1, 0.15) is 0 Å². The van der Waals surface area contributed by atoms with Crippen LogP contribution in [0.4, 0.5) is 19.1 Å². The number of hydrogen-bond donors (Lipinski definition) is 1. The van der Waals surface area contributed by atoms with E-state index >= 15 is 0 Å². The van der Waals surface area contributed by atoms with Gasteiger partial charge in [-0.2, -0.15) is 18.3 Å². The van der Waals surface area contributed by atoms with E-state index in [0.717, 1.165) is 6.07 Å². The van der Waals surface area contributed by atoms with Crippen LogP contribution in [0.1, 0.15) is 24.7 Å². The van der Waals surface area contributed by atoms with Crippen LogP contribution in [0.15, 0.2) is 12.3 Å². The van der Waals surface area contributed by atoms with Crippen molar-refractivity contribution in [1.29, 1.82) is 0 Å². The van der Waals surface area contributed by atoms with Crippen LogP contribution in [0.25, 0.3) is 11.3 Å². The normalized spacial score (nSPS) is 11.8. The van der Waals surface area contributed by atoms with Crippen molar-refractivity contribution in [3.05, 3.63) is 23.7 Å². The number of nitrogens with zero attached hydrogens (tertiary/aromatic N) is 4. The molecule has 0 radical (unpaired) electrons. The van der Waals surface area contributed by atoms with Gasteiger partial charge in [0.2, 0.25) is 5.95 Å². The van der Waals surface area contributed by atoms with Gasteiger partial charge in [-0.25, -0.2) is 9.97 Å². The van der Waals surface area contributed by atoms with Crippen molar-refractivity contribution in [3.63, 3.8) is 0 Å². The summed E-state index contributed by atoms with van der Waals surface area (Å²) in [5.74, 6) is -0.0559. The second-order valence-electron chi connectivity index (χ2n) is 5.22. The molecule has 0 saturated heterocycles. The highest BCUT2D eigenvalue weighted by molar-refractivity contribution is 5.62. The SMILES string of the molecule is CCn1cc(-c2cc(C(F)(F)F)nc(NCCCOC)n2)c(C)n1. The van der Waals surface area contributed by atoms with Crippen LogP contribution in [0, 0.1) is 6.92 Å². The number of methoxy groups -OCH3 is 1. The van der Waals surface area contributed by atoms with Crippen molar-refractivity contribution in [1.82, 2.24) is 19.7 Å². The molecule has 0 unspecified atom stereocenters. The number of anilines is 1. The predicted molar refractivity (Wildman–Crippen MR) is 83.6 cm³/mol. The third kappa shape index (κ3) is 4.44. The molecular formula is C15H20F3N5O. The Morgan fingerprint density at radius 1 is 1.29 bits per heavy atom. The van der Waals surface area contributed by atoms with E-state index in [0.29, 0.717) is 37.4 Å². The van der Waals surface area contributed by atoms with Gasteiger partial charge in [0.05, 0.1) is 11.4 Å². The van der Waals surface area contributed by atoms with E-state index in [1.165, 1.54) is 0 Å². The first-order valence-electron chi connectivity index (χ1n) is 7.58. The molecule has 24 heavy (non-hydrogen) atoms. The first-order chi connectivity index (χ1) is 11.3. The number of ether oxygens (including phenoxy) is 1. The van der Waals surface area contributed by atoms with Crippen LogP contribution >= 0.6 is 0 Å². The van der Waals surface area contributed by atoms with Crippen LogP contribution in [-0.2, 0) is 17.5 Å². The van der Waals surface area contributed by atoms with Crippen LogP contribution in [0.5, 0.6) is 0 Å². The van der Waals surface area contributed by atoms with E-state index in [1.807, 2.05) is 6.92 Å². The Morgan fingerprint density at radius 2 is 2.04 bits per heavy atom. The summed E-state index contributed by atoms with van der Waals surface area (Å²) in [6, 6.07) is 0.949. The summed E-state index contributed by atoms with van der Waals surface area (Å²) >= 11 is 0. The molecule has 2 rings (SSSR count). The Morgan fingerprint density at radius 3 is 2.62 bits per heavy atom. The fourth-order valence-corrected chi connectivity index (χ4v) is 2.16. The Hall–Kier alpha value is -2.16. The molecule has 0 fully saturated rings. The maximum absolute atomic E-state index is 13.1.